The van der Waals surface area contributed by atoms with E-state index >= 15 is 0 Å². The third kappa shape index (κ3) is 2.88. The summed E-state index contributed by atoms with van der Waals surface area (Å²) in [5, 5.41) is 8.04. The van der Waals surface area contributed by atoms with Crippen molar-refractivity contribution in [2.75, 3.05) is 0 Å². The molecule has 2 unspecified atom stereocenters. The summed E-state index contributed by atoms with van der Waals surface area (Å²) < 4.78 is 5.40. The number of aromatic nitrogens is 2. The summed E-state index contributed by atoms with van der Waals surface area (Å²) in [6.45, 7) is 1.84. The van der Waals surface area contributed by atoms with Crippen LogP contribution in [0.5, 0.6) is 0 Å². The van der Waals surface area contributed by atoms with Crippen LogP contribution >= 0.6 is 0 Å². The van der Waals surface area contributed by atoms with E-state index in [0.717, 1.165) is 31.2 Å². The predicted octanol–water partition coefficient (Wildman–Crippen LogP) is 3.44. The molecule has 28 heavy (non-hydrogen) atoms. The molecule has 1 amide bonds. The van der Waals surface area contributed by atoms with E-state index in [1.54, 1.807) is 0 Å². The first-order valence-corrected chi connectivity index (χ1v) is 9.99. The fourth-order valence-corrected chi connectivity index (χ4v) is 5.07. The SMILES string of the molecule is Cc1noc2nc(-c3ccccc3)cc(C(=O)NC3C4CCC3CC(N)C4)c12. The number of nitrogens with one attached hydrogen (secondary N) is 1. The van der Waals surface area contributed by atoms with Gasteiger partial charge in [-0.25, -0.2) is 4.98 Å². The Morgan fingerprint density at radius 1 is 1.18 bits per heavy atom. The summed E-state index contributed by atoms with van der Waals surface area (Å²) in [6.07, 6.45) is 4.29. The van der Waals surface area contributed by atoms with Gasteiger partial charge < -0.3 is 15.6 Å². The molecule has 3 aromatic rings. The molecule has 0 spiro atoms. The van der Waals surface area contributed by atoms with Crippen LogP contribution in [0.4, 0.5) is 0 Å². The number of amides is 1. The summed E-state index contributed by atoms with van der Waals surface area (Å²) in [6, 6.07) is 12.1. The van der Waals surface area contributed by atoms with Crippen molar-refractivity contribution < 1.29 is 9.32 Å². The van der Waals surface area contributed by atoms with Gasteiger partial charge in [0.2, 0.25) is 0 Å². The molecule has 2 fully saturated rings. The number of hydrogen-bond donors (Lipinski definition) is 2. The number of nitrogens with zero attached hydrogens (tertiary/aromatic N) is 2. The van der Waals surface area contributed by atoms with Crippen molar-refractivity contribution in [2.45, 2.75) is 44.7 Å². The first-order chi connectivity index (χ1) is 13.6. The minimum atomic E-state index is -0.0757. The van der Waals surface area contributed by atoms with Gasteiger partial charge in [-0.05, 0) is 50.5 Å². The molecule has 2 aliphatic carbocycles. The maximum Gasteiger partial charge on any atom is 0.259 e. The quantitative estimate of drug-likeness (QED) is 0.730. The number of aryl methyl sites for hydroxylation is 1. The van der Waals surface area contributed by atoms with Crippen LogP contribution in [-0.4, -0.2) is 28.1 Å². The fourth-order valence-electron chi connectivity index (χ4n) is 5.07. The van der Waals surface area contributed by atoms with E-state index in [1.807, 2.05) is 43.3 Å². The lowest BCUT2D eigenvalue weighted by atomic mass is 9.81. The number of carbonyl (C=O) groups excluding carboxylic acids is 1. The fraction of sp³-hybridized carbons (Fsp3) is 0.409. The number of carbonyl (C=O) groups is 1. The molecule has 1 aromatic carbocycles. The molecule has 5 rings (SSSR count). The van der Waals surface area contributed by atoms with Gasteiger partial charge >= 0.3 is 0 Å². The summed E-state index contributed by atoms with van der Waals surface area (Å²) in [7, 11) is 0. The van der Waals surface area contributed by atoms with Crippen molar-refractivity contribution in [2.24, 2.45) is 17.6 Å². The van der Waals surface area contributed by atoms with Crippen LogP contribution in [0, 0.1) is 18.8 Å². The number of pyridine rings is 1. The second kappa shape index (κ2) is 6.71. The lowest BCUT2D eigenvalue weighted by Crippen LogP contribution is -2.48. The molecule has 0 saturated heterocycles. The van der Waals surface area contributed by atoms with Crippen LogP contribution in [-0.2, 0) is 0 Å². The molecule has 2 bridgehead atoms. The van der Waals surface area contributed by atoms with Gasteiger partial charge in [0.15, 0.2) is 0 Å². The Balaban J connectivity index is 1.52. The second-order valence-electron chi connectivity index (χ2n) is 8.20. The van der Waals surface area contributed by atoms with Crippen LogP contribution in [0.25, 0.3) is 22.4 Å². The third-order valence-corrected chi connectivity index (χ3v) is 6.36. The molecule has 2 heterocycles. The molecule has 2 saturated carbocycles. The van der Waals surface area contributed by atoms with E-state index in [1.165, 1.54) is 0 Å². The number of fused-ring (bicyclic) bond motifs is 3. The first kappa shape index (κ1) is 17.4. The highest BCUT2D eigenvalue weighted by Crippen LogP contribution is 2.42. The van der Waals surface area contributed by atoms with Crippen molar-refractivity contribution in [1.82, 2.24) is 15.5 Å². The highest BCUT2D eigenvalue weighted by atomic mass is 16.5. The molecule has 3 N–H and O–H groups in total. The second-order valence-corrected chi connectivity index (χ2v) is 8.20. The van der Waals surface area contributed by atoms with Crippen LogP contribution in [0.3, 0.4) is 0 Å². The topological polar surface area (TPSA) is 94.0 Å². The first-order valence-electron chi connectivity index (χ1n) is 9.99. The molecular formula is C22H24N4O2. The van der Waals surface area contributed by atoms with Gasteiger partial charge in [0.25, 0.3) is 11.6 Å². The molecule has 6 heteroatoms. The standard InChI is InChI=1S/C22H24N4O2/c1-12-19-17(21(27)25-20-14-7-8-15(20)10-16(23)9-14)11-18(24-22(19)28-26-12)13-5-3-2-4-6-13/h2-6,11,14-16,20H,7-10,23H2,1H3,(H,25,27). The Hall–Kier alpha value is -2.73. The van der Waals surface area contributed by atoms with Crippen molar-refractivity contribution in [3.63, 3.8) is 0 Å². The zero-order valence-corrected chi connectivity index (χ0v) is 15.9. The van der Waals surface area contributed by atoms with Gasteiger partial charge in [0.1, 0.15) is 0 Å². The van der Waals surface area contributed by atoms with Gasteiger partial charge in [-0.2, -0.15) is 0 Å². The monoisotopic (exact) mass is 376 g/mol. The zero-order valence-electron chi connectivity index (χ0n) is 15.9. The van der Waals surface area contributed by atoms with E-state index < -0.39 is 0 Å². The zero-order chi connectivity index (χ0) is 19.3. The molecule has 2 atom stereocenters. The molecule has 2 aliphatic rings. The highest BCUT2D eigenvalue weighted by molar-refractivity contribution is 6.07. The average Bonchev–Trinajstić information content (AvgIpc) is 3.18. The molecule has 0 aliphatic heterocycles. The number of nitrogens with two attached hydrogens (primary N) is 1. The molecule has 144 valence electrons. The average molecular weight is 376 g/mol. The Kier molecular flexibility index (Phi) is 4.16. The Morgan fingerprint density at radius 3 is 2.61 bits per heavy atom. The van der Waals surface area contributed by atoms with Gasteiger partial charge in [-0.3, -0.25) is 4.79 Å². The van der Waals surface area contributed by atoms with Crippen molar-refractivity contribution in [3.8, 4) is 11.3 Å². The number of benzene rings is 1. The normalized spacial score (nSPS) is 26.5. The Morgan fingerprint density at radius 2 is 1.89 bits per heavy atom. The Labute approximate surface area is 163 Å². The molecule has 2 aromatic heterocycles. The summed E-state index contributed by atoms with van der Waals surface area (Å²) in [4.78, 5) is 17.9. The lowest BCUT2D eigenvalue weighted by molar-refractivity contribution is 0.0897. The van der Waals surface area contributed by atoms with Crippen LogP contribution in [0.15, 0.2) is 40.9 Å². The van der Waals surface area contributed by atoms with E-state index in [4.69, 9.17) is 10.3 Å². The van der Waals surface area contributed by atoms with Crippen molar-refractivity contribution in [1.29, 1.82) is 0 Å². The van der Waals surface area contributed by atoms with Crippen molar-refractivity contribution in [3.05, 3.63) is 47.7 Å². The minimum absolute atomic E-state index is 0.0757. The van der Waals surface area contributed by atoms with Crippen LogP contribution in [0.2, 0.25) is 0 Å². The molecular weight excluding hydrogens is 352 g/mol. The van der Waals surface area contributed by atoms with Crippen molar-refractivity contribution >= 4 is 17.0 Å². The summed E-state index contributed by atoms with van der Waals surface area (Å²) in [5.74, 6) is 0.882. The molecule has 0 radical (unpaired) electrons. The minimum Gasteiger partial charge on any atom is -0.349 e. The highest BCUT2D eigenvalue weighted by Gasteiger charge is 2.42. The number of rotatable bonds is 3. The van der Waals surface area contributed by atoms with Crippen LogP contribution < -0.4 is 11.1 Å². The van der Waals surface area contributed by atoms with E-state index in [0.29, 0.717) is 39.9 Å². The van der Waals surface area contributed by atoms with E-state index in [-0.39, 0.29) is 18.0 Å². The summed E-state index contributed by atoms with van der Waals surface area (Å²) >= 11 is 0. The van der Waals surface area contributed by atoms with Gasteiger partial charge in [-0.1, -0.05) is 35.5 Å². The van der Waals surface area contributed by atoms with Gasteiger partial charge in [0.05, 0.1) is 22.3 Å². The van der Waals surface area contributed by atoms with E-state index in [9.17, 15) is 4.79 Å². The molecule has 6 nitrogen and oxygen atoms in total. The van der Waals surface area contributed by atoms with Gasteiger partial charge in [0, 0.05) is 17.6 Å². The smallest absolute Gasteiger partial charge is 0.259 e. The predicted molar refractivity (Wildman–Crippen MR) is 107 cm³/mol. The maximum absolute atomic E-state index is 13.3. The summed E-state index contributed by atoms with van der Waals surface area (Å²) in [5.41, 5.74) is 9.50. The maximum atomic E-state index is 13.3. The lowest BCUT2D eigenvalue weighted by Gasteiger charge is -2.34. The van der Waals surface area contributed by atoms with Gasteiger partial charge in [-0.15, -0.1) is 0 Å². The number of hydrogen-bond acceptors (Lipinski definition) is 5. The Bertz CT molecular complexity index is 1020. The van der Waals surface area contributed by atoms with Crippen LogP contribution in [0.1, 0.15) is 41.7 Å². The van der Waals surface area contributed by atoms with E-state index in [2.05, 4.69) is 15.5 Å². The largest absolute Gasteiger partial charge is 0.349 e. The third-order valence-electron chi connectivity index (χ3n) is 6.36.